The van der Waals surface area contributed by atoms with Crippen molar-refractivity contribution in [1.82, 2.24) is 0 Å². The molecule has 70 valence electrons. The van der Waals surface area contributed by atoms with E-state index in [1.165, 1.54) is 6.92 Å². The molecule has 14 heavy (non-hydrogen) atoms. The average Bonchev–Trinajstić information content (AvgIpc) is 2.26. The van der Waals surface area contributed by atoms with Crippen molar-refractivity contribution in [3.8, 4) is 6.07 Å². The highest BCUT2D eigenvalue weighted by Gasteiger charge is 2.05. The van der Waals surface area contributed by atoms with Gasteiger partial charge in [0.2, 0.25) is 0 Å². The number of carbonyl (C=O) groups is 1. The molecule has 1 aromatic carbocycles. The van der Waals surface area contributed by atoms with E-state index in [0.29, 0.717) is 5.56 Å². The second-order valence-electron chi connectivity index (χ2n) is 2.53. The summed E-state index contributed by atoms with van der Waals surface area (Å²) in [5.41, 5.74) is 0.510. The summed E-state index contributed by atoms with van der Waals surface area (Å²) in [7, 11) is 0. The zero-order chi connectivity index (χ0) is 10.4. The maximum Gasteiger partial charge on any atom is 0.365 e. The van der Waals surface area contributed by atoms with Crippen LogP contribution in [0.15, 0.2) is 35.5 Å². The highest BCUT2D eigenvalue weighted by atomic mass is 16.7. The second kappa shape index (κ2) is 4.77. The highest BCUT2D eigenvalue weighted by molar-refractivity contribution is 5.97. The molecular weight excluding hydrogens is 180 g/mol. The second-order valence-corrected chi connectivity index (χ2v) is 2.53. The van der Waals surface area contributed by atoms with E-state index in [1.807, 2.05) is 0 Å². The molecule has 0 heterocycles. The van der Waals surface area contributed by atoms with E-state index in [2.05, 4.69) is 9.99 Å². The molecule has 0 atom stereocenters. The minimum absolute atomic E-state index is 0.106. The van der Waals surface area contributed by atoms with Gasteiger partial charge < -0.3 is 4.84 Å². The molecule has 0 N–H and O–H groups in total. The van der Waals surface area contributed by atoms with Crippen molar-refractivity contribution in [3.63, 3.8) is 0 Å². The fraction of sp³-hybridized carbons (Fsp3) is 0.100. The molecule has 0 spiro atoms. The van der Waals surface area contributed by atoms with E-state index in [0.717, 1.165) is 0 Å². The first-order valence-corrected chi connectivity index (χ1v) is 3.95. The highest BCUT2D eigenvalue weighted by Crippen LogP contribution is 2.01. The zero-order valence-electron chi connectivity index (χ0n) is 7.60. The minimum atomic E-state index is -0.569. The number of hydrogen-bond acceptors (Lipinski definition) is 4. The minimum Gasteiger partial charge on any atom is -0.312 e. The van der Waals surface area contributed by atoms with Gasteiger partial charge >= 0.3 is 5.97 Å². The molecule has 1 aromatic rings. The summed E-state index contributed by atoms with van der Waals surface area (Å²) in [5, 5.41) is 11.7. The van der Waals surface area contributed by atoms with Gasteiger partial charge in [-0.1, -0.05) is 23.4 Å². The van der Waals surface area contributed by atoms with Crippen LogP contribution in [-0.2, 0) is 4.84 Å². The smallest absolute Gasteiger partial charge is 0.312 e. The predicted octanol–water partition coefficient (Wildman–Crippen LogP) is 1.74. The summed E-state index contributed by atoms with van der Waals surface area (Å²) in [6.07, 6.45) is 0. The number of nitriles is 1. The molecule has 0 aliphatic heterocycles. The van der Waals surface area contributed by atoms with Gasteiger partial charge in [0, 0.05) is 0 Å². The van der Waals surface area contributed by atoms with Crippen molar-refractivity contribution in [2.24, 2.45) is 5.16 Å². The van der Waals surface area contributed by atoms with Crippen LogP contribution < -0.4 is 0 Å². The summed E-state index contributed by atoms with van der Waals surface area (Å²) in [6, 6.07) is 10.2. The Kier molecular flexibility index (Phi) is 3.39. The van der Waals surface area contributed by atoms with Crippen LogP contribution in [0.2, 0.25) is 0 Å². The van der Waals surface area contributed by atoms with Gasteiger partial charge in [-0.05, 0) is 19.1 Å². The van der Waals surface area contributed by atoms with Gasteiger partial charge in [0.05, 0.1) is 5.56 Å². The predicted molar refractivity (Wildman–Crippen MR) is 50.6 cm³/mol. The van der Waals surface area contributed by atoms with Gasteiger partial charge in [0.1, 0.15) is 6.07 Å². The summed E-state index contributed by atoms with van der Waals surface area (Å²) >= 11 is 0. The lowest BCUT2D eigenvalue weighted by molar-refractivity contribution is 0.0517. The van der Waals surface area contributed by atoms with Crippen molar-refractivity contribution in [3.05, 3.63) is 35.9 Å². The Morgan fingerprint density at radius 1 is 1.43 bits per heavy atom. The van der Waals surface area contributed by atoms with E-state index >= 15 is 0 Å². The van der Waals surface area contributed by atoms with Gasteiger partial charge in [0.25, 0.3) is 0 Å². The van der Waals surface area contributed by atoms with Crippen molar-refractivity contribution >= 4 is 11.7 Å². The molecule has 0 amide bonds. The van der Waals surface area contributed by atoms with Gasteiger partial charge in [-0.2, -0.15) is 5.26 Å². The molecule has 0 saturated carbocycles. The van der Waals surface area contributed by atoms with Gasteiger partial charge in [-0.3, -0.25) is 0 Å². The largest absolute Gasteiger partial charge is 0.365 e. The maximum absolute atomic E-state index is 11.2. The molecule has 0 aliphatic rings. The third-order valence-electron chi connectivity index (χ3n) is 1.44. The summed E-state index contributed by atoms with van der Waals surface area (Å²) in [5.74, 6) is -0.569. The SMILES string of the molecule is C/C(C#N)=N/OC(=O)c1ccccc1. The van der Waals surface area contributed by atoms with Crippen LogP contribution in [0.25, 0.3) is 0 Å². The lowest BCUT2D eigenvalue weighted by Crippen LogP contribution is -2.01. The molecule has 0 aromatic heterocycles. The van der Waals surface area contributed by atoms with Crippen molar-refractivity contribution < 1.29 is 9.63 Å². The fourth-order valence-electron chi connectivity index (χ4n) is 0.757. The van der Waals surface area contributed by atoms with Crippen LogP contribution in [0.5, 0.6) is 0 Å². The quantitative estimate of drug-likeness (QED) is 0.403. The zero-order valence-corrected chi connectivity index (χ0v) is 7.60. The van der Waals surface area contributed by atoms with Crippen LogP contribution in [0.4, 0.5) is 0 Å². The standard InChI is InChI=1S/C10H8N2O2/c1-8(7-11)12-14-10(13)9-5-3-2-4-6-9/h2-6H,1H3/b12-8-. The first-order chi connectivity index (χ1) is 6.74. The molecule has 0 bridgehead atoms. The molecule has 4 nitrogen and oxygen atoms in total. The van der Waals surface area contributed by atoms with Gasteiger partial charge in [-0.15, -0.1) is 0 Å². The Morgan fingerprint density at radius 3 is 2.64 bits per heavy atom. The molecular formula is C10H8N2O2. The topological polar surface area (TPSA) is 62.4 Å². The normalized spacial score (nSPS) is 10.4. The summed E-state index contributed by atoms with van der Waals surface area (Å²) < 4.78 is 0. The number of benzene rings is 1. The van der Waals surface area contributed by atoms with E-state index < -0.39 is 5.97 Å². The first kappa shape index (κ1) is 9.93. The third-order valence-corrected chi connectivity index (χ3v) is 1.44. The van der Waals surface area contributed by atoms with Crippen molar-refractivity contribution in [2.75, 3.05) is 0 Å². The van der Waals surface area contributed by atoms with Crippen LogP contribution in [0, 0.1) is 11.3 Å². The molecule has 0 radical (unpaired) electrons. The van der Waals surface area contributed by atoms with E-state index in [9.17, 15) is 4.79 Å². The van der Waals surface area contributed by atoms with E-state index in [1.54, 1.807) is 36.4 Å². The van der Waals surface area contributed by atoms with Gasteiger partial charge in [-0.25, -0.2) is 4.79 Å². The molecule has 0 unspecified atom stereocenters. The van der Waals surface area contributed by atoms with Gasteiger partial charge in [0.15, 0.2) is 5.71 Å². The fourth-order valence-corrected chi connectivity index (χ4v) is 0.757. The maximum atomic E-state index is 11.2. The monoisotopic (exact) mass is 188 g/mol. The molecule has 0 fully saturated rings. The van der Waals surface area contributed by atoms with Crippen LogP contribution in [-0.4, -0.2) is 11.7 Å². The van der Waals surface area contributed by atoms with Crippen LogP contribution >= 0.6 is 0 Å². The number of hydrogen-bond donors (Lipinski definition) is 0. The number of carbonyl (C=O) groups excluding carboxylic acids is 1. The lowest BCUT2D eigenvalue weighted by Gasteiger charge is -1.96. The summed E-state index contributed by atoms with van der Waals surface area (Å²) in [6.45, 7) is 1.46. The molecule has 1 rings (SSSR count). The molecule has 0 aliphatic carbocycles. The molecule has 4 heteroatoms. The number of oxime groups is 1. The van der Waals surface area contributed by atoms with Crippen LogP contribution in [0.1, 0.15) is 17.3 Å². The third kappa shape index (κ3) is 2.72. The Morgan fingerprint density at radius 2 is 2.07 bits per heavy atom. The lowest BCUT2D eigenvalue weighted by atomic mass is 10.2. The molecule has 0 saturated heterocycles. The van der Waals surface area contributed by atoms with Crippen molar-refractivity contribution in [1.29, 1.82) is 5.26 Å². The number of nitrogens with zero attached hydrogens (tertiary/aromatic N) is 2. The Bertz CT molecular complexity index is 390. The first-order valence-electron chi connectivity index (χ1n) is 3.95. The Labute approximate surface area is 81.4 Å². The average molecular weight is 188 g/mol. The Hall–Kier alpha value is -2.15. The van der Waals surface area contributed by atoms with E-state index in [4.69, 9.17) is 5.26 Å². The van der Waals surface area contributed by atoms with Crippen LogP contribution in [0.3, 0.4) is 0 Å². The van der Waals surface area contributed by atoms with Crippen molar-refractivity contribution in [2.45, 2.75) is 6.92 Å². The summed E-state index contributed by atoms with van der Waals surface area (Å²) in [4.78, 5) is 15.7. The Balaban J connectivity index is 2.66. The number of rotatable bonds is 2. The van der Waals surface area contributed by atoms with E-state index in [-0.39, 0.29) is 5.71 Å².